The van der Waals surface area contributed by atoms with Crippen LogP contribution in [0.15, 0.2) is 17.0 Å². The Kier molecular flexibility index (Phi) is 6.00. The van der Waals surface area contributed by atoms with Crippen molar-refractivity contribution in [3.8, 4) is 0 Å². The summed E-state index contributed by atoms with van der Waals surface area (Å²) in [6, 6.07) is 2.61. The molecule has 0 saturated heterocycles. The molecule has 0 aliphatic heterocycles. The number of halogens is 1. The van der Waals surface area contributed by atoms with Gasteiger partial charge in [-0.1, -0.05) is 18.5 Å². The molecule has 0 aromatic heterocycles. The average Bonchev–Trinajstić information content (AvgIpc) is 2.34. The number of benzene rings is 1. The quantitative estimate of drug-likeness (QED) is 0.613. The summed E-state index contributed by atoms with van der Waals surface area (Å²) in [6.45, 7) is 3.29. The smallest absolute Gasteiger partial charge is 0.240 e. The number of hydrogen-bond acceptors (Lipinski definition) is 5. The highest BCUT2D eigenvalue weighted by Crippen LogP contribution is 2.26. The fourth-order valence-corrected chi connectivity index (χ4v) is 3.95. The minimum absolute atomic E-state index is 0.0530. The van der Waals surface area contributed by atoms with Crippen LogP contribution in [0.25, 0.3) is 0 Å². The van der Waals surface area contributed by atoms with Gasteiger partial charge in [-0.3, -0.25) is 0 Å². The number of anilines is 1. The van der Waals surface area contributed by atoms with Crippen molar-refractivity contribution in [3.63, 3.8) is 0 Å². The summed E-state index contributed by atoms with van der Waals surface area (Å²) >= 11 is 5.87. The molecule has 0 unspecified atom stereocenters. The van der Waals surface area contributed by atoms with Crippen LogP contribution in [0, 0.1) is 6.92 Å². The molecule has 1 aromatic carbocycles. The molecule has 4 N–H and O–H groups in total. The van der Waals surface area contributed by atoms with E-state index in [1.165, 1.54) is 12.1 Å². The first-order chi connectivity index (χ1) is 9.59. The number of rotatable bonds is 7. The normalized spacial score (nSPS) is 12.5. The number of nitrogens with two attached hydrogens (primary N) is 1. The summed E-state index contributed by atoms with van der Waals surface area (Å²) in [7, 11) is -7.32. The average molecular weight is 356 g/mol. The molecule has 0 saturated carbocycles. The maximum absolute atomic E-state index is 12.1. The first kappa shape index (κ1) is 18.2. The Morgan fingerprint density at radius 3 is 2.33 bits per heavy atom. The molecule has 0 atom stereocenters. The SMILES string of the molecule is CCNS(=O)(=O)CCNS(=O)(=O)c1cc(C)c(Cl)c(N)c1. The van der Waals surface area contributed by atoms with Gasteiger partial charge in [-0.05, 0) is 24.6 Å². The van der Waals surface area contributed by atoms with E-state index >= 15 is 0 Å². The van der Waals surface area contributed by atoms with Crippen molar-refractivity contribution in [2.75, 3.05) is 24.6 Å². The zero-order valence-electron chi connectivity index (χ0n) is 11.7. The van der Waals surface area contributed by atoms with Gasteiger partial charge in [0.2, 0.25) is 20.0 Å². The third-order valence-corrected chi connectivity index (χ3v) is 6.02. The van der Waals surface area contributed by atoms with Crippen LogP contribution in [0.4, 0.5) is 5.69 Å². The summed E-state index contributed by atoms with van der Waals surface area (Å²) in [6.07, 6.45) is 0. The maximum Gasteiger partial charge on any atom is 0.240 e. The van der Waals surface area contributed by atoms with E-state index in [0.29, 0.717) is 10.6 Å². The molecule has 1 rings (SSSR count). The van der Waals surface area contributed by atoms with E-state index in [2.05, 4.69) is 9.44 Å². The van der Waals surface area contributed by atoms with Crippen molar-refractivity contribution in [2.45, 2.75) is 18.7 Å². The molecule has 0 spiro atoms. The summed E-state index contributed by atoms with van der Waals surface area (Å²) in [5.41, 5.74) is 6.30. The first-order valence-corrected chi connectivity index (χ1v) is 9.63. The van der Waals surface area contributed by atoms with Gasteiger partial charge in [-0.25, -0.2) is 26.3 Å². The second-order valence-corrected chi connectivity index (χ2v) is 8.43. The molecule has 120 valence electrons. The van der Waals surface area contributed by atoms with Gasteiger partial charge in [0.25, 0.3) is 0 Å². The fraction of sp³-hybridized carbons (Fsp3) is 0.455. The number of nitrogens with one attached hydrogen (secondary N) is 2. The molecule has 0 bridgehead atoms. The van der Waals surface area contributed by atoms with Crippen LogP contribution in [-0.4, -0.2) is 35.7 Å². The minimum atomic E-state index is -3.84. The third-order valence-electron chi connectivity index (χ3n) is 2.59. The van der Waals surface area contributed by atoms with Gasteiger partial charge in [0.1, 0.15) is 0 Å². The second-order valence-electron chi connectivity index (χ2n) is 4.36. The molecule has 10 heteroatoms. The number of aryl methyl sites for hydroxylation is 1. The van der Waals surface area contributed by atoms with Crippen molar-refractivity contribution >= 4 is 37.3 Å². The summed E-state index contributed by atoms with van der Waals surface area (Å²) in [4.78, 5) is -0.0530. The topological polar surface area (TPSA) is 118 Å². The summed E-state index contributed by atoms with van der Waals surface area (Å²) in [5.74, 6) is -0.345. The lowest BCUT2D eigenvalue weighted by molar-refractivity contribution is 0.576. The fourth-order valence-electron chi connectivity index (χ4n) is 1.60. The van der Waals surface area contributed by atoms with Crippen LogP contribution in [0.3, 0.4) is 0 Å². The number of hydrogen-bond donors (Lipinski definition) is 3. The highest BCUT2D eigenvalue weighted by Gasteiger charge is 2.18. The van der Waals surface area contributed by atoms with E-state index in [9.17, 15) is 16.8 Å². The lowest BCUT2D eigenvalue weighted by atomic mass is 10.2. The van der Waals surface area contributed by atoms with Crippen molar-refractivity contribution in [1.29, 1.82) is 0 Å². The minimum Gasteiger partial charge on any atom is -0.397 e. The Morgan fingerprint density at radius 1 is 1.19 bits per heavy atom. The molecule has 0 aliphatic rings. The van der Waals surface area contributed by atoms with E-state index in [-0.39, 0.29) is 29.4 Å². The van der Waals surface area contributed by atoms with E-state index in [1.807, 2.05) is 0 Å². The van der Waals surface area contributed by atoms with Gasteiger partial charge in [0.15, 0.2) is 0 Å². The van der Waals surface area contributed by atoms with Crippen LogP contribution in [0.1, 0.15) is 12.5 Å². The Hall–Kier alpha value is -0.870. The third kappa shape index (κ3) is 5.11. The predicted octanol–water partition coefficient (Wildman–Crippen LogP) is 0.448. The van der Waals surface area contributed by atoms with Gasteiger partial charge in [-0.2, -0.15) is 0 Å². The molecule has 0 fully saturated rings. The lowest BCUT2D eigenvalue weighted by Gasteiger charge is -2.10. The Bertz CT molecular complexity index is 694. The Balaban J connectivity index is 2.84. The van der Waals surface area contributed by atoms with Crippen LogP contribution >= 0.6 is 11.6 Å². The zero-order chi connectivity index (χ0) is 16.3. The standard InChI is InChI=1S/C11H18ClN3O4S2/c1-3-14-20(16,17)5-4-15-21(18,19)9-6-8(2)11(12)10(13)7-9/h6-7,14-15H,3-5,13H2,1-2H3. The van der Waals surface area contributed by atoms with Gasteiger partial charge < -0.3 is 5.73 Å². The highest BCUT2D eigenvalue weighted by atomic mass is 35.5. The van der Waals surface area contributed by atoms with Gasteiger partial charge in [0.05, 0.1) is 21.4 Å². The van der Waals surface area contributed by atoms with E-state index in [1.54, 1.807) is 13.8 Å². The second kappa shape index (κ2) is 6.93. The lowest BCUT2D eigenvalue weighted by Crippen LogP contribution is -2.34. The van der Waals surface area contributed by atoms with Crippen LogP contribution < -0.4 is 15.2 Å². The predicted molar refractivity (Wildman–Crippen MR) is 83.3 cm³/mol. The Morgan fingerprint density at radius 2 is 1.81 bits per heavy atom. The largest absolute Gasteiger partial charge is 0.397 e. The molecular formula is C11H18ClN3O4S2. The van der Waals surface area contributed by atoms with Crippen LogP contribution in [0.2, 0.25) is 5.02 Å². The number of sulfonamides is 2. The maximum atomic E-state index is 12.1. The van der Waals surface area contributed by atoms with Crippen molar-refractivity contribution in [2.24, 2.45) is 0 Å². The van der Waals surface area contributed by atoms with Crippen molar-refractivity contribution in [1.82, 2.24) is 9.44 Å². The van der Waals surface area contributed by atoms with E-state index in [0.717, 1.165) is 0 Å². The molecule has 7 nitrogen and oxygen atoms in total. The van der Waals surface area contributed by atoms with E-state index < -0.39 is 20.0 Å². The molecule has 21 heavy (non-hydrogen) atoms. The zero-order valence-corrected chi connectivity index (χ0v) is 14.1. The molecule has 0 heterocycles. The van der Waals surface area contributed by atoms with Crippen molar-refractivity contribution < 1.29 is 16.8 Å². The Labute approximate surface area is 130 Å². The number of nitrogen functional groups attached to an aromatic ring is 1. The monoisotopic (exact) mass is 355 g/mol. The first-order valence-electron chi connectivity index (χ1n) is 6.11. The summed E-state index contributed by atoms with van der Waals surface area (Å²) in [5, 5.41) is 0.295. The summed E-state index contributed by atoms with van der Waals surface area (Å²) < 4.78 is 51.5. The molecule has 0 amide bonds. The van der Waals surface area contributed by atoms with E-state index in [4.69, 9.17) is 17.3 Å². The van der Waals surface area contributed by atoms with Gasteiger partial charge in [-0.15, -0.1) is 0 Å². The van der Waals surface area contributed by atoms with Crippen LogP contribution in [-0.2, 0) is 20.0 Å². The van der Waals surface area contributed by atoms with Gasteiger partial charge >= 0.3 is 0 Å². The molecule has 0 radical (unpaired) electrons. The van der Waals surface area contributed by atoms with Gasteiger partial charge in [0, 0.05) is 13.1 Å². The highest BCUT2D eigenvalue weighted by molar-refractivity contribution is 7.90. The molecule has 0 aliphatic carbocycles. The van der Waals surface area contributed by atoms with Crippen LogP contribution in [0.5, 0.6) is 0 Å². The van der Waals surface area contributed by atoms with Crippen molar-refractivity contribution in [3.05, 3.63) is 22.7 Å². The molecular weight excluding hydrogens is 338 g/mol. The molecule has 1 aromatic rings.